The fourth-order valence-electron chi connectivity index (χ4n) is 2.32. The van der Waals surface area contributed by atoms with Crippen LogP contribution in [0.2, 0.25) is 0 Å². The second-order valence-corrected chi connectivity index (χ2v) is 5.56. The summed E-state index contributed by atoms with van der Waals surface area (Å²) in [6, 6.07) is 5.07. The van der Waals surface area contributed by atoms with Crippen LogP contribution in [0.4, 0.5) is 4.39 Å². The Morgan fingerprint density at radius 3 is 3.00 bits per heavy atom. The summed E-state index contributed by atoms with van der Waals surface area (Å²) in [6.07, 6.45) is 3.48. The number of pyridine rings is 1. The van der Waals surface area contributed by atoms with Gasteiger partial charge in [-0.25, -0.2) is 4.39 Å². The zero-order valence-corrected chi connectivity index (χ0v) is 12.1. The predicted molar refractivity (Wildman–Crippen MR) is 75.6 cm³/mol. The summed E-state index contributed by atoms with van der Waals surface area (Å²) in [7, 11) is 0. The molecule has 0 saturated carbocycles. The van der Waals surface area contributed by atoms with Gasteiger partial charge >= 0.3 is 0 Å². The number of carbonyl (C=O) groups is 1. The average Bonchev–Trinajstić information content (AvgIpc) is 2.86. The summed E-state index contributed by atoms with van der Waals surface area (Å²) in [4.78, 5) is 15.9. The normalized spacial score (nSPS) is 12.9. The van der Waals surface area contributed by atoms with Crippen LogP contribution in [-0.4, -0.2) is 17.4 Å². The number of halogens is 2. The highest BCUT2D eigenvalue weighted by Crippen LogP contribution is 2.33. The van der Waals surface area contributed by atoms with Gasteiger partial charge in [-0.3, -0.25) is 9.78 Å². The van der Waals surface area contributed by atoms with Gasteiger partial charge < -0.3 is 4.74 Å². The largest absolute Gasteiger partial charge is 0.493 e. The van der Waals surface area contributed by atoms with Crippen molar-refractivity contribution in [2.24, 2.45) is 0 Å². The van der Waals surface area contributed by atoms with E-state index in [0.29, 0.717) is 6.61 Å². The first-order valence-electron chi connectivity index (χ1n) is 6.21. The molecule has 0 radical (unpaired) electrons. The van der Waals surface area contributed by atoms with Gasteiger partial charge in [0.1, 0.15) is 11.6 Å². The van der Waals surface area contributed by atoms with Crippen molar-refractivity contribution in [3.63, 3.8) is 0 Å². The molecule has 0 saturated heterocycles. The summed E-state index contributed by atoms with van der Waals surface area (Å²) in [5.41, 5.74) is 2.19. The molecule has 0 N–H and O–H groups in total. The molecule has 0 unspecified atom stereocenters. The first kappa shape index (κ1) is 13.2. The lowest BCUT2D eigenvalue weighted by Crippen LogP contribution is -2.06. The Morgan fingerprint density at radius 2 is 2.20 bits per heavy atom. The van der Waals surface area contributed by atoms with Gasteiger partial charge in [0.2, 0.25) is 0 Å². The highest BCUT2D eigenvalue weighted by Gasteiger charge is 2.20. The van der Waals surface area contributed by atoms with E-state index in [1.54, 1.807) is 0 Å². The fourth-order valence-corrected chi connectivity index (χ4v) is 2.87. The summed E-state index contributed by atoms with van der Waals surface area (Å²) in [5.74, 6) is 0.102. The highest BCUT2D eigenvalue weighted by atomic mass is 79.9. The molecule has 20 heavy (non-hydrogen) atoms. The van der Waals surface area contributed by atoms with Crippen molar-refractivity contribution in [3.8, 4) is 5.75 Å². The first-order chi connectivity index (χ1) is 9.63. The zero-order chi connectivity index (χ0) is 14.1. The molecule has 2 heterocycles. The summed E-state index contributed by atoms with van der Waals surface area (Å²) >= 11 is 3.43. The van der Waals surface area contributed by atoms with Crippen molar-refractivity contribution in [1.82, 2.24) is 4.98 Å². The molecule has 0 fully saturated rings. The van der Waals surface area contributed by atoms with Gasteiger partial charge in [0.15, 0.2) is 5.78 Å². The summed E-state index contributed by atoms with van der Waals surface area (Å²) < 4.78 is 19.6. The smallest absolute Gasteiger partial charge is 0.169 e. The third kappa shape index (κ3) is 2.58. The van der Waals surface area contributed by atoms with Crippen molar-refractivity contribution in [2.75, 3.05) is 6.61 Å². The maximum atomic E-state index is 13.1. The molecule has 0 bridgehead atoms. The molecule has 0 spiro atoms. The van der Waals surface area contributed by atoms with Crippen LogP contribution in [0.5, 0.6) is 5.75 Å². The summed E-state index contributed by atoms with van der Waals surface area (Å²) in [5, 5.41) is 0. The van der Waals surface area contributed by atoms with Crippen LogP contribution in [0.3, 0.4) is 0 Å². The Bertz CT molecular complexity index is 688. The van der Waals surface area contributed by atoms with Crippen molar-refractivity contribution >= 4 is 21.7 Å². The van der Waals surface area contributed by atoms with Crippen molar-refractivity contribution < 1.29 is 13.9 Å². The van der Waals surface area contributed by atoms with Crippen LogP contribution < -0.4 is 4.74 Å². The van der Waals surface area contributed by atoms with Crippen molar-refractivity contribution in [2.45, 2.75) is 12.8 Å². The minimum atomic E-state index is -0.508. The molecule has 1 aliphatic rings. The van der Waals surface area contributed by atoms with Gasteiger partial charge in [0.05, 0.1) is 12.8 Å². The Balaban J connectivity index is 1.90. The summed E-state index contributed by atoms with van der Waals surface area (Å²) in [6.45, 7) is 0.633. The third-order valence-electron chi connectivity index (χ3n) is 3.20. The fraction of sp³-hybridized carbons (Fsp3) is 0.200. The van der Waals surface area contributed by atoms with Crippen LogP contribution >= 0.6 is 15.9 Å². The Kier molecular flexibility index (Phi) is 3.53. The Morgan fingerprint density at radius 1 is 1.35 bits per heavy atom. The lowest BCUT2D eigenvalue weighted by molar-refractivity contribution is 0.0991. The molecule has 2 aromatic rings. The molecule has 1 aliphatic heterocycles. The Labute approximate surface area is 123 Å². The van der Waals surface area contributed by atoms with Crippen LogP contribution in [0.15, 0.2) is 35.1 Å². The van der Waals surface area contributed by atoms with E-state index >= 15 is 0 Å². The van der Waals surface area contributed by atoms with Gasteiger partial charge in [0.25, 0.3) is 0 Å². The second kappa shape index (κ2) is 5.32. The van der Waals surface area contributed by atoms with Crippen molar-refractivity contribution in [1.29, 1.82) is 0 Å². The SMILES string of the molecule is O=C(Cc1cc(Br)cc2c1OCC2)c1cncc(F)c1. The lowest BCUT2D eigenvalue weighted by Gasteiger charge is -2.08. The number of aromatic nitrogens is 1. The molecule has 3 rings (SSSR count). The second-order valence-electron chi connectivity index (χ2n) is 4.64. The number of carbonyl (C=O) groups excluding carboxylic acids is 1. The number of nitrogens with zero attached hydrogens (tertiary/aromatic N) is 1. The molecular weight excluding hydrogens is 325 g/mol. The lowest BCUT2D eigenvalue weighted by atomic mass is 10.0. The monoisotopic (exact) mass is 335 g/mol. The van der Waals surface area contributed by atoms with Gasteiger partial charge in [-0.05, 0) is 23.8 Å². The molecule has 0 atom stereocenters. The van der Waals surface area contributed by atoms with Gasteiger partial charge in [-0.2, -0.15) is 0 Å². The minimum absolute atomic E-state index is 0.173. The molecule has 0 amide bonds. The van der Waals surface area contributed by atoms with E-state index in [1.165, 1.54) is 12.3 Å². The molecule has 3 nitrogen and oxygen atoms in total. The number of rotatable bonds is 3. The van der Waals surface area contributed by atoms with E-state index in [1.807, 2.05) is 12.1 Å². The molecule has 102 valence electrons. The first-order valence-corrected chi connectivity index (χ1v) is 7.00. The Hall–Kier alpha value is -1.75. The van der Waals surface area contributed by atoms with E-state index in [9.17, 15) is 9.18 Å². The quantitative estimate of drug-likeness (QED) is 0.807. The maximum absolute atomic E-state index is 13.1. The topological polar surface area (TPSA) is 39.2 Å². The number of hydrogen-bond acceptors (Lipinski definition) is 3. The van der Waals surface area contributed by atoms with E-state index in [0.717, 1.165) is 34.0 Å². The minimum Gasteiger partial charge on any atom is -0.493 e. The highest BCUT2D eigenvalue weighted by molar-refractivity contribution is 9.10. The number of ether oxygens (including phenoxy) is 1. The van der Waals surface area contributed by atoms with E-state index in [4.69, 9.17) is 4.74 Å². The maximum Gasteiger partial charge on any atom is 0.169 e. The standard InChI is InChI=1S/C15H11BrFNO2/c16-12-3-9-1-2-20-15(9)10(4-12)6-14(19)11-5-13(17)8-18-7-11/h3-5,7-8H,1-2,6H2. The van der Waals surface area contributed by atoms with E-state index < -0.39 is 5.82 Å². The van der Waals surface area contributed by atoms with Crippen LogP contribution in [0, 0.1) is 5.82 Å². The zero-order valence-electron chi connectivity index (χ0n) is 10.5. The number of hydrogen-bond donors (Lipinski definition) is 0. The number of fused-ring (bicyclic) bond motifs is 1. The van der Waals surface area contributed by atoms with Gasteiger partial charge in [-0.1, -0.05) is 15.9 Å². The van der Waals surface area contributed by atoms with Crippen LogP contribution in [-0.2, 0) is 12.8 Å². The van der Waals surface area contributed by atoms with Gasteiger partial charge in [0, 0.05) is 34.6 Å². The average molecular weight is 336 g/mol. The molecule has 5 heteroatoms. The number of ketones is 1. The van der Waals surface area contributed by atoms with Gasteiger partial charge in [-0.15, -0.1) is 0 Å². The third-order valence-corrected chi connectivity index (χ3v) is 3.66. The molecule has 1 aromatic heterocycles. The molecule has 1 aromatic carbocycles. The van der Waals surface area contributed by atoms with E-state index in [-0.39, 0.29) is 17.8 Å². The predicted octanol–water partition coefficient (Wildman–Crippen LogP) is 3.34. The molecular formula is C15H11BrFNO2. The van der Waals surface area contributed by atoms with Crippen LogP contribution in [0.25, 0.3) is 0 Å². The number of benzene rings is 1. The van der Waals surface area contributed by atoms with Crippen LogP contribution in [0.1, 0.15) is 21.5 Å². The van der Waals surface area contributed by atoms with E-state index in [2.05, 4.69) is 20.9 Å². The number of Topliss-reactive ketones (excluding diaryl/α,β-unsaturated/α-hetero) is 1. The van der Waals surface area contributed by atoms with Crippen molar-refractivity contribution in [3.05, 3.63) is 57.6 Å². The molecule has 0 aliphatic carbocycles.